The molecular weight excluding hydrogens is 501 g/mol. The molecule has 0 aliphatic carbocycles. The molecule has 3 aliphatic heterocycles. The summed E-state index contributed by atoms with van der Waals surface area (Å²) in [6, 6.07) is 9.89. The van der Waals surface area contributed by atoms with Crippen LogP contribution in [-0.2, 0) is 16.1 Å². The van der Waals surface area contributed by atoms with E-state index in [4.69, 9.17) is 5.26 Å². The summed E-state index contributed by atoms with van der Waals surface area (Å²) in [5, 5.41) is 12.3. The molecule has 3 aromatic rings. The van der Waals surface area contributed by atoms with Gasteiger partial charge in [-0.3, -0.25) is 24.5 Å². The van der Waals surface area contributed by atoms with E-state index in [1.807, 2.05) is 13.0 Å². The Bertz CT molecular complexity index is 1610. The van der Waals surface area contributed by atoms with E-state index in [1.54, 1.807) is 29.2 Å². The van der Waals surface area contributed by atoms with E-state index in [0.29, 0.717) is 42.8 Å². The van der Waals surface area contributed by atoms with Gasteiger partial charge in [-0.25, -0.2) is 4.39 Å². The number of hydrogen-bond donors (Lipinski definition) is 2. The molecule has 0 radical (unpaired) electrons. The van der Waals surface area contributed by atoms with Crippen LogP contribution in [0.3, 0.4) is 0 Å². The first-order chi connectivity index (χ1) is 18.8. The van der Waals surface area contributed by atoms with Crippen molar-refractivity contribution in [1.82, 2.24) is 20.1 Å². The normalized spacial score (nSPS) is 19.8. The minimum absolute atomic E-state index is 0.00930. The molecule has 0 bridgehead atoms. The zero-order chi connectivity index (χ0) is 27.4. The van der Waals surface area contributed by atoms with Crippen LogP contribution in [0.15, 0.2) is 30.3 Å². The van der Waals surface area contributed by atoms with Gasteiger partial charge in [0.1, 0.15) is 17.6 Å². The molecule has 1 aromatic heterocycles. The van der Waals surface area contributed by atoms with Gasteiger partial charge in [0.2, 0.25) is 11.8 Å². The summed E-state index contributed by atoms with van der Waals surface area (Å²) in [7, 11) is 0. The number of nitrogens with zero attached hydrogens (tertiary/aromatic N) is 3. The summed E-state index contributed by atoms with van der Waals surface area (Å²) in [5.74, 6) is -1.96. The molecule has 39 heavy (non-hydrogen) atoms. The summed E-state index contributed by atoms with van der Waals surface area (Å²) in [4.78, 5) is 56.4. The lowest BCUT2D eigenvalue weighted by molar-refractivity contribution is -0.136. The second kappa shape index (κ2) is 9.34. The van der Waals surface area contributed by atoms with Crippen molar-refractivity contribution in [2.24, 2.45) is 0 Å². The number of amides is 4. The van der Waals surface area contributed by atoms with Crippen LogP contribution in [0.25, 0.3) is 10.9 Å². The molecule has 2 N–H and O–H groups in total. The smallest absolute Gasteiger partial charge is 0.270 e. The first-order valence-corrected chi connectivity index (χ1v) is 13.0. The van der Waals surface area contributed by atoms with Crippen molar-refractivity contribution in [3.8, 4) is 6.07 Å². The van der Waals surface area contributed by atoms with E-state index >= 15 is 4.39 Å². The van der Waals surface area contributed by atoms with E-state index in [9.17, 15) is 19.2 Å². The lowest BCUT2D eigenvalue weighted by Gasteiger charge is -2.32. The van der Waals surface area contributed by atoms with Gasteiger partial charge in [-0.2, -0.15) is 5.26 Å². The number of H-pyrrole nitrogens is 1. The van der Waals surface area contributed by atoms with Crippen molar-refractivity contribution in [3.05, 3.63) is 69.7 Å². The minimum Gasteiger partial charge on any atom is -0.350 e. The van der Waals surface area contributed by atoms with Gasteiger partial charge in [0, 0.05) is 41.5 Å². The number of carbonyl (C=O) groups excluding carboxylic acids is 4. The molecule has 2 saturated heterocycles. The zero-order valence-electron chi connectivity index (χ0n) is 21.3. The molecule has 2 aromatic carbocycles. The summed E-state index contributed by atoms with van der Waals surface area (Å²) in [5.41, 5.74) is 3.64. The number of hydrogen-bond acceptors (Lipinski definition) is 5. The van der Waals surface area contributed by atoms with Gasteiger partial charge in [0.05, 0.1) is 18.2 Å². The molecule has 0 saturated carbocycles. The van der Waals surface area contributed by atoms with E-state index in [2.05, 4.69) is 16.4 Å². The summed E-state index contributed by atoms with van der Waals surface area (Å²) < 4.78 is 15.7. The van der Waals surface area contributed by atoms with E-state index in [1.165, 1.54) is 4.90 Å². The third kappa shape index (κ3) is 4.05. The fraction of sp³-hybridized carbons (Fsp3) is 0.345. The SMILES string of the molecule is Cc1c(C(=O)N2CCC(c3ccc4c(c3F)CN(C3CCC(=O)NC3=O)C4=O)CC2)[nH]c2cc(C#N)ccc12. The van der Waals surface area contributed by atoms with E-state index in [-0.39, 0.29) is 48.2 Å². The van der Waals surface area contributed by atoms with Gasteiger partial charge >= 0.3 is 0 Å². The number of imide groups is 1. The molecule has 4 heterocycles. The summed E-state index contributed by atoms with van der Waals surface area (Å²) >= 11 is 0. The highest BCUT2D eigenvalue weighted by atomic mass is 19.1. The number of aromatic nitrogens is 1. The molecular formula is C29H26FN5O4. The Labute approximate surface area is 223 Å². The average molecular weight is 528 g/mol. The number of piperidine rings is 2. The monoisotopic (exact) mass is 527 g/mol. The highest BCUT2D eigenvalue weighted by molar-refractivity contribution is 6.05. The predicted octanol–water partition coefficient (Wildman–Crippen LogP) is 3.27. The maximum atomic E-state index is 15.7. The van der Waals surface area contributed by atoms with Gasteiger partial charge in [-0.15, -0.1) is 0 Å². The fourth-order valence-corrected chi connectivity index (χ4v) is 6.11. The molecule has 3 aliphatic rings. The van der Waals surface area contributed by atoms with Crippen LogP contribution >= 0.6 is 0 Å². The Balaban J connectivity index is 1.17. The molecule has 1 atom stereocenters. The average Bonchev–Trinajstić information content (AvgIpc) is 3.45. The number of rotatable bonds is 3. The Morgan fingerprint density at radius 2 is 1.87 bits per heavy atom. The van der Waals surface area contributed by atoms with Crippen LogP contribution in [0.5, 0.6) is 0 Å². The Kier molecular flexibility index (Phi) is 5.94. The van der Waals surface area contributed by atoms with E-state index < -0.39 is 23.7 Å². The van der Waals surface area contributed by atoms with Crippen molar-refractivity contribution < 1.29 is 23.6 Å². The highest BCUT2D eigenvalue weighted by Crippen LogP contribution is 2.37. The second-order valence-corrected chi connectivity index (χ2v) is 10.5. The number of fused-ring (bicyclic) bond motifs is 2. The molecule has 0 spiro atoms. The fourth-order valence-electron chi connectivity index (χ4n) is 6.11. The predicted molar refractivity (Wildman–Crippen MR) is 138 cm³/mol. The minimum atomic E-state index is -0.792. The number of carbonyl (C=O) groups is 4. The number of aryl methyl sites for hydroxylation is 1. The first kappa shape index (κ1) is 24.8. The zero-order valence-corrected chi connectivity index (χ0v) is 21.3. The first-order valence-electron chi connectivity index (χ1n) is 13.0. The highest BCUT2D eigenvalue weighted by Gasteiger charge is 2.41. The second-order valence-electron chi connectivity index (χ2n) is 10.5. The number of nitriles is 1. The number of benzene rings is 2. The van der Waals surface area contributed by atoms with Crippen LogP contribution < -0.4 is 5.32 Å². The van der Waals surface area contributed by atoms with Gasteiger partial charge in [0.25, 0.3) is 11.8 Å². The van der Waals surface area contributed by atoms with Crippen molar-refractivity contribution in [2.75, 3.05) is 13.1 Å². The topological polar surface area (TPSA) is 126 Å². The van der Waals surface area contributed by atoms with Crippen molar-refractivity contribution in [2.45, 2.75) is 51.1 Å². The van der Waals surface area contributed by atoms with Crippen molar-refractivity contribution in [1.29, 1.82) is 5.26 Å². The maximum absolute atomic E-state index is 15.7. The number of likely N-dealkylation sites (tertiary alicyclic amines) is 1. The van der Waals surface area contributed by atoms with Crippen LogP contribution in [0, 0.1) is 24.1 Å². The van der Waals surface area contributed by atoms with Gasteiger partial charge in [-0.05, 0) is 61.4 Å². The van der Waals surface area contributed by atoms with Crippen LogP contribution in [0.2, 0.25) is 0 Å². The van der Waals surface area contributed by atoms with Crippen LogP contribution in [-0.4, -0.2) is 57.5 Å². The molecule has 2 fully saturated rings. The number of halogens is 1. The standard InChI is InChI=1S/C29H26FN5O4/c1-15-18-3-2-16(13-31)12-22(18)32-26(15)29(39)34-10-8-17(9-11-34)19-4-5-20-21(25(19)30)14-35(28(20)38)23-6-7-24(36)33-27(23)37/h2-5,12,17,23,32H,6-11,14H2,1H3,(H,33,36,37). The Hall–Kier alpha value is -4.52. The summed E-state index contributed by atoms with van der Waals surface area (Å²) in [6.45, 7) is 2.79. The lowest BCUT2D eigenvalue weighted by atomic mass is 9.87. The molecule has 10 heteroatoms. The largest absolute Gasteiger partial charge is 0.350 e. The van der Waals surface area contributed by atoms with Gasteiger partial charge < -0.3 is 14.8 Å². The third-order valence-electron chi connectivity index (χ3n) is 8.30. The number of nitrogens with one attached hydrogen (secondary N) is 2. The van der Waals surface area contributed by atoms with Crippen LogP contribution in [0.1, 0.15) is 74.7 Å². The van der Waals surface area contributed by atoms with Gasteiger partial charge in [-0.1, -0.05) is 12.1 Å². The Morgan fingerprint density at radius 1 is 1.10 bits per heavy atom. The number of aromatic amines is 1. The summed E-state index contributed by atoms with van der Waals surface area (Å²) in [6.07, 6.45) is 1.51. The van der Waals surface area contributed by atoms with Gasteiger partial charge in [0.15, 0.2) is 0 Å². The van der Waals surface area contributed by atoms with Crippen LogP contribution in [0.4, 0.5) is 4.39 Å². The van der Waals surface area contributed by atoms with E-state index in [0.717, 1.165) is 16.5 Å². The molecule has 4 amide bonds. The quantitative estimate of drug-likeness (QED) is 0.506. The Morgan fingerprint density at radius 3 is 2.59 bits per heavy atom. The lowest BCUT2D eigenvalue weighted by Crippen LogP contribution is -2.52. The van der Waals surface area contributed by atoms with Crippen molar-refractivity contribution >= 4 is 34.5 Å². The maximum Gasteiger partial charge on any atom is 0.270 e. The molecule has 9 nitrogen and oxygen atoms in total. The van der Waals surface area contributed by atoms with Crippen molar-refractivity contribution in [3.63, 3.8) is 0 Å². The molecule has 1 unspecified atom stereocenters. The molecule has 198 valence electrons. The molecule has 6 rings (SSSR count). The third-order valence-corrected chi connectivity index (χ3v) is 8.30.